The van der Waals surface area contributed by atoms with Crippen molar-refractivity contribution in [3.63, 3.8) is 0 Å². The van der Waals surface area contributed by atoms with Crippen LogP contribution in [0.4, 0.5) is 10.1 Å². The molecule has 1 aromatic rings. The molecule has 2 N–H and O–H groups in total. The van der Waals surface area contributed by atoms with Crippen LogP contribution in [0, 0.1) is 6.92 Å². The van der Waals surface area contributed by atoms with E-state index in [0.29, 0.717) is 5.69 Å². The number of hydrogen-bond donors (Lipinski definition) is 2. The van der Waals surface area contributed by atoms with E-state index in [1.54, 1.807) is 12.3 Å². The molecule has 3 nitrogen and oxygen atoms in total. The van der Waals surface area contributed by atoms with E-state index >= 15 is 0 Å². The maximum atomic E-state index is 13.6. The fraction of sp³-hybridized carbons (Fsp3) is 0.300. The molecular formula is C10H11FN2O. The monoisotopic (exact) mass is 194 g/mol. The predicted molar refractivity (Wildman–Crippen MR) is 52.3 cm³/mol. The highest BCUT2D eigenvalue weighted by Gasteiger charge is 2.23. The zero-order chi connectivity index (χ0) is 10.3. The van der Waals surface area contributed by atoms with Crippen LogP contribution in [0.25, 0.3) is 5.83 Å². The molecule has 0 spiro atoms. The number of aliphatic hydroxyl groups excluding tert-OH is 1. The summed E-state index contributed by atoms with van der Waals surface area (Å²) in [5.41, 5.74) is 2.02. The lowest BCUT2D eigenvalue weighted by Crippen LogP contribution is -2.25. The first-order chi connectivity index (χ1) is 6.59. The largest absolute Gasteiger partial charge is 0.370 e. The zero-order valence-electron chi connectivity index (χ0n) is 8.00. The number of aromatic nitrogens is 1. The number of rotatable bonds is 0. The van der Waals surface area contributed by atoms with Crippen LogP contribution in [0.3, 0.4) is 0 Å². The Morgan fingerprint density at radius 1 is 1.50 bits per heavy atom. The first kappa shape index (κ1) is 9.15. The average Bonchev–Trinajstić information content (AvgIpc) is 2.14. The van der Waals surface area contributed by atoms with Crippen LogP contribution < -0.4 is 5.32 Å². The second-order valence-corrected chi connectivity index (χ2v) is 3.45. The molecule has 0 saturated carbocycles. The number of anilines is 1. The Hall–Kier alpha value is -1.42. The fourth-order valence-electron chi connectivity index (χ4n) is 1.42. The van der Waals surface area contributed by atoms with E-state index in [1.807, 2.05) is 6.92 Å². The van der Waals surface area contributed by atoms with E-state index in [2.05, 4.69) is 10.3 Å². The van der Waals surface area contributed by atoms with Crippen LogP contribution in [-0.4, -0.2) is 16.3 Å². The van der Waals surface area contributed by atoms with Crippen LogP contribution in [0.1, 0.15) is 18.2 Å². The minimum absolute atomic E-state index is 0.272. The van der Waals surface area contributed by atoms with Gasteiger partial charge in [-0.3, -0.25) is 4.98 Å². The lowest BCUT2D eigenvalue weighted by molar-refractivity contribution is 0.237. The van der Waals surface area contributed by atoms with Gasteiger partial charge in [0.25, 0.3) is 0 Å². The van der Waals surface area contributed by atoms with Crippen molar-refractivity contribution in [2.45, 2.75) is 20.1 Å². The summed E-state index contributed by atoms with van der Waals surface area (Å²) in [4.78, 5) is 3.98. The molecule has 0 bridgehead atoms. The molecule has 0 fully saturated rings. The van der Waals surface area contributed by atoms with Crippen molar-refractivity contribution in [3.05, 3.63) is 29.1 Å². The topological polar surface area (TPSA) is 45.2 Å². The smallest absolute Gasteiger partial charge is 0.154 e. The van der Waals surface area contributed by atoms with E-state index in [0.717, 1.165) is 5.56 Å². The first-order valence-electron chi connectivity index (χ1n) is 4.37. The standard InChI is InChI=1S/C10H11FN2O/c1-5-3-7-9(12-4-5)8(11)6(2)10(14)13-7/h3-4,10,13-14H,1-2H3. The van der Waals surface area contributed by atoms with Crippen LogP contribution in [0.15, 0.2) is 17.8 Å². The third-order valence-electron chi connectivity index (χ3n) is 2.28. The number of aryl methyl sites for hydroxylation is 1. The van der Waals surface area contributed by atoms with Gasteiger partial charge in [-0.05, 0) is 25.5 Å². The molecule has 4 heteroatoms. The molecule has 1 aliphatic heterocycles. The van der Waals surface area contributed by atoms with Gasteiger partial charge in [-0.1, -0.05) is 0 Å². The maximum absolute atomic E-state index is 13.6. The predicted octanol–water partition coefficient (Wildman–Crippen LogP) is 1.83. The van der Waals surface area contributed by atoms with Crippen molar-refractivity contribution < 1.29 is 9.50 Å². The summed E-state index contributed by atoms with van der Waals surface area (Å²) in [6.07, 6.45) is 0.650. The Morgan fingerprint density at radius 2 is 2.21 bits per heavy atom. The van der Waals surface area contributed by atoms with Crippen molar-refractivity contribution in [1.82, 2.24) is 4.98 Å². The van der Waals surface area contributed by atoms with Gasteiger partial charge in [-0.25, -0.2) is 4.39 Å². The minimum Gasteiger partial charge on any atom is -0.370 e. The number of nitrogens with one attached hydrogen (secondary N) is 1. The Morgan fingerprint density at radius 3 is 2.93 bits per heavy atom. The van der Waals surface area contributed by atoms with Gasteiger partial charge >= 0.3 is 0 Å². The molecule has 0 aromatic carbocycles. The van der Waals surface area contributed by atoms with Gasteiger partial charge in [0.2, 0.25) is 0 Å². The maximum Gasteiger partial charge on any atom is 0.154 e. The second-order valence-electron chi connectivity index (χ2n) is 3.45. The zero-order valence-corrected chi connectivity index (χ0v) is 8.00. The molecule has 0 radical (unpaired) electrons. The molecule has 1 unspecified atom stereocenters. The molecule has 0 amide bonds. The number of nitrogens with zero attached hydrogens (tertiary/aromatic N) is 1. The summed E-state index contributed by atoms with van der Waals surface area (Å²) in [7, 11) is 0. The van der Waals surface area contributed by atoms with Gasteiger partial charge in [0.05, 0.1) is 5.69 Å². The molecule has 0 aliphatic carbocycles. The Kier molecular flexibility index (Phi) is 2.00. The molecule has 2 heterocycles. The molecule has 1 aromatic heterocycles. The average molecular weight is 194 g/mol. The van der Waals surface area contributed by atoms with Gasteiger partial charge in [-0.2, -0.15) is 0 Å². The lowest BCUT2D eigenvalue weighted by atomic mass is 10.1. The number of halogens is 1. The summed E-state index contributed by atoms with van der Waals surface area (Å²) >= 11 is 0. The van der Waals surface area contributed by atoms with Gasteiger partial charge in [0.15, 0.2) is 5.83 Å². The van der Waals surface area contributed by atoms with Crippen LogP contribution >= 0.6 is 0 Å². The van der Waals surface area contributed by atoms with Crippen molar-refractivity contribution in [1.29, 1.82) is 0 Å². The summed E-state index contributed by atoms with van der Waals surface area (Å²) in [5, 5.41) is 12.2. The third kappa shape index (κ3) is 1.28. The summed E-state index contributed by atoms with van der Waals surface area (Å²) < 4.78 is 13.6. The first-order valence-corrected chi connectivity index (χ1v) is 4.37. The highest BCUT2D eigenvalue weighted by Crippen LogP contribution is 2.32. The van der Waals surface area contributed by atoms with Crippen molar-refractivity contribution >= 4 is 11.5 Å². The van der Waals surface area contributed by atoms with Crippen LogP contribution in [0.5, 0.6) is 0 Å². The third-order valence-corrected chi connectivity index (χ3v) is 2.28. The van der Waals surface area contributed by atoms with E-state index in [-0.39, 0.29) is 11.3 Å². The molecule has 14 heavy (non-hydrogen) atoms. The van der Waals surface area contributed by atoms with E-state index in [4.69, 9.17) is 0 Å². The SMILES string of the molecule is CC1=C(F)c2ncc(C)cc2NC1O. The number of aliphatic hydroxyl groups is 1. The second kappa shape index (κ2) is 3.06. The lowest BCUT2D eigenvalue weighted by Gasteiger charge is -2.23. The number of fused-ring (bicyclic) bond motifs is 1. The van der Waals surface area contributed by atoms with Gasteiger partial charge < -0.3 is 10.4 Å². The van der Waals surface area contributed by atoms with Crippen LogP contribution in [0.2, 0.25) is 0 Å². The Balaban J connectivity index is 2.59. The summed E-state index contributed by atoms with van der Waals surface area (Å²) in [5.74, 6) is -0.439. The van der Waals surface area contributed by atoms with Gasteiger partial charge in [-0.15, -0.1) is 0 Å². The molecule has 74 valence electrons. The highest BCUT2D eigenvalue weighted by atomic mass is 19.1. The van der Waals surface area contributed by atoms with E-state index < -0.39 is 12.1 Å². The van der Waals surface area contributed by atoms with E-state index in [9.17, 15) is 9.50 Å². The van der Waals surface area contributed by atoms with Gasteiger partial charge in [0.1, 0.15) is 11.9 Å². The molecular weight excluding hydrogens is 183 g/mol. The molecule has 1 atom stereocenters. The number of pyridine rings is 1. The minimum atomic E-state index is -0.953. The normalized spacial score (nSPS) is 20.4. The van der Waals surface area contributed by atoms with E-state index in [1.165, 1.54) is 6.92 Å². The fourth-order valence-corrected chi connectivity index (χ4v) is 1.42. The summed E-state index contributed by atoms with van der Waals surface area (Å²) in [6.45, 7) is 3.40. The highest BCUT2D eigenvalue weighted by molar-refractivity contribution is 5.75. The van der Waals surface area contributed by atoms with Crippen molar-refractivity contribution in [2.24, 2.45) is 0 Å². The van der Waals surface area contributed by atoms with Crippen molar-refractivity contribution in [2.75, 3.05) is 5.32 Å². The summed E-state index contributed by atoms with van der Waals surface area (Å²) in [6, 6.07) is 1.76. The van der Waals surface area contributed by atoms with Crippen LogP contribution in [-0.2, 0) is 0 Å². The Bertz CT molecular complexity index is 415. The molecule has 2 rings (SSSR count). The quantitative estimate of drug-likeness (QED) is 0.662. The molecule has 0 saturated heterocycles. The molecule has 1 aliphatic rings. The van der Waals surface area contributed by atoms with Gasteiger partial charge in [0, 0.05) is 11.8 Å². The van der Waals surface area contributed by atoms with Crippen molar-refractivity contribution in [3.8, 4) is 0 Å². The number of hydrogen-bond acceptors (Lipinski definition) is 3. The Labute approximate surface area is 81.3 Å².